The van der Waals surface area contributed by atoms with Crippen molar-refractivity contribution in [3.63, 3.8) is 0 Å². The maximum absolute atomic E-state index is 13.7. The van der Waals surface area contributed by atoms with Crippen LogP contribution in [0, 0.1) is 12.7 Å². The molecule has 1 atom stereocenters. The summed E-state index contributed by atoms with van der Waals surface area (Å²) >= 11 is 0. The van der Waals surface area contributed by atoms with Crippen molar-refractivity contribution in [3.8, 4) is 5.75 Å². The van der Waals surface area contributed by atoms with E-state index in [4.69, 9.17) is 9.15 Å². The standard InChI is InChI=1S/C13H13FO3/c1-8-5-6-17-13(8)12(15)10-4-3-9(16-2)7-11(10)14/h3-7,12,15H,1-2H3. The van der Waals surface area contributed by atoms with Crippen LogP contribution in [0.5, 0.6) is 5.75 Å². The van der Waals surface area contributed by atoms with Crippen molar-refractivity contribution in [2.45, 2.75) is 13.0 Å². The fourth-order valence-electron chi connectivity index (χ4n) is 1.66. The molecular formula is C13H13FO3. The first kappa shape index (κ1) is 11.7. The lowest BCUT2D eigenvalue weighted by Gasteiger charge is -2.11. The van der Waals surface area contributed by atoms with Gasteiger partial charge in [-0.15, -0.1) is 0 Å². The van der Waals surface area contributed by atoms with Gasteiger partial charge in [0.25, 0.3) is 0 Å². The first-order valence-corrected chi connectivity index (χ1v) is 5.19. The first-order valence-electron chi connectivity index (χ1n) is 5.19. The molecule has 0 radical (unpaired) electrons. The molecule has 1 heterocycles. The molecule has 0 aliphatic carbocycles. The maximum atomic E-state index is 13.7. The number of aliphatic hydroxyl groups excluding tert-OH is 1. The van der Waals surface area contributed by atoms with Crippen LogP contribution in [0.25, 0.3) is 0 Å². The Kier molecular flexibility index (Phi) is 3.15. The zero-order valence-electron chi connectivity index (χ0n) is 9.61. The fraction of sp³-hybridized carbons (Fsp3) is 0.231. The van der Waals surface area contributed by atoms with E-state index in [0.717, 1.165) is 5.56 Å². The Morgan fingerprint density at radius 2 is 2.12 bits per heavy atom. The number of furan rings is 1. The van der Waals surface area contributed by atoms with Crippen LogP contribution in [0.15, 0.2) is 34.9 Å². The lowest BCUT2D eigenvalue weighted by Crippen LogP contribution is -2.03. The van der Waals surface area contributed by atoms with Crippen molar-refractivity contribution in [2.24, 2.45) is 0 Å². The van der Waals surface area contributed by atoms with Crippen molar-refractivity contribution in [1.29, 1.82) is 0 Å². The SMILES string of the molecule is COc1ccc(C(O)c2occc2C)c(F)c1. The van der Waals surface area contributed by atoms with Crippen molar-refractivity contribution < 1.29 is 18.7 Å². The van der Waals surface area contributed by atoms with E-state index < -0.39 is 11.9 Å². The fourth-order valence-corrected chi connectivity index (χ4v) is 1.66. The van der Waals surface area contributed by atoms with Crippen LogP contribution < -0.4 is 4.74 Å². The number of rotatable bonds is 3. The Labute approximate surface area is 98.5 Å². The topological polar surface area (TPSA) is 42.6 Å². The first-order chi connectivity index (χ1) is 8.13. The van der Waals surface area contributed by atoms with Crippen LogP contribution in [0.4, 0.5) is 4.39 Å². The molecule has 0 amide bonds. The molecule has 1 aromatic heterocycles. The van der Waals surface area contributed by atoms with Gasteiger partial charge in [0, 0.05) is 11.6 Å². The second-order valence-electron chi connectivity index (χ2n) is 3.76. The van der Waals surface area contributed by atoms with Crippen LogP contribution in [0.1, 0.15) is 23.0 Å². The molecule has 17 heavy (non-hydrogen) atoms. The molecule has 0 fully saturated rings. The van der Waals surface area contributed by atoms with E-state index in [1.54, 1.807) is 19.1 Å². The molecule has 0 aliphatic heterocycles. The highest BCUT2D eigenvalue weighted by molar-refractivity contribution is 5.34. The Morgan fingerprint density at radius 1 is 1.35 bits per heavy atom. The number of hydrogen-bond donors (Lipinski definition) is 1. The molecule has 0 spiro atoms. The van der Waals surface area contributed by atoms with E-state index in [0.29, 0.717) is 11.5 Å². The molecule has 0 aliphatic rings. The predicted molar refractivity (Wildman–Crippen MR) is 60.5 cm³/mol. The Bertz CT molecular complexity index is 519. The number of benzene rings is 1. The number of aryl methyl sites for hydroxylation is 1. The van der Waals surface area contributed by atoms with Crippen LogP contribution in [-0.2, 0) is 0 Å². The second kappa shape index (κ2) is 4.59. The largest absolute Gasteiger partial charge is 0.497 e. The average Bonchev–Trinajstić information content (AvgIpc) is 2.74. The van der Waals surface area contributed by atoms with Gasteiger partial charge in [0.2, 0.25) is 0 Å². The molecule has 0 bridgehead atoms. The van der Waals surface area contributed by atoms with Crippen molar-refractivity contribution in [1.82, 2.24) is 0 Å². The molecule has 4 heteroatoms. The molecule has 1 unspecified atom stereocenters. The third kappa shape index (κ3) is 2.17. The van der Waals surface area contributed by atoms with Crippen LogP contribution in [-0.4, -0.2) is 12.2 Å². The average molecular weight is 236 g/mol. The van der Waals surface area contributed by atoms with Gasteiger partial charge in [-0.3, -0.25) is 0 Å². The highest BCUT2D eigenvalue weighted by atomic mass is 19.1. The van der Waals surface area contributed by atoms with Crippen LogP contribution >= 0.6 is 0 Å². The second-order valence-corrected chi connectivity index (χ2v) is 3.76. The third-order valence-corrected chi connectivity index (χ3v) is 2.65. The molecule has 2 rings (SSSR count). The summed E-state index contributed by atoms with van der Waals surface area (Å²) in [5, 5.41) is 10.0. The zero-order chi connectivity index (χ0) is 12.4. The van der Waals surface area contributed by atoms with Crippen molar-refractivity contribution >= 4 is 0 Å². The summed E-state index contributed by atoms with van der Waals surface area (Å²) in [7, 11) is 1.46. The van der Waals surface area contributed by atoms with Crippen LogP contribution in [0.3, 0.4) is 0 Å². The van der Waals surface area contributed by atoms with E-state index in [9.17, 15) is 9.50 Å². The number of methoxy groups -OCH3 is 1. The van der Waals surface area contributed by atoms with Gasteiger partial charge >= 0.3 is 0 Å². The van der Waals surface area contributed by atoms with Gasteiger partial charge in [-0.1, -0.05) is 0 Å². The summed E-state index contributed by atoms with van der Waals surface area (Å²) in [5.74, 6) is 0.247. The number of aliphatic hydroxyl groups is 1. The minimum atomic E-state index is -1.10. The van der Waals surface area contributed by atoms with Crippen molar-refractivity contribution in [2.75, 3.05) is 7.11 Å². The molecule has 0 saturated carbocycles. The Balaban J connectivity index is 2.38. The van der Waals surface area contributed by atoms with Gasteiger partial charge in [0.05, 0.1) is 13.4 Å². The summed E-state index contributed by atoms with van der Waals surface area (Å²) < 4.78 is 23.8. The normalized spacial score (nSPS) is 12.5. The number of ether oxygens (including phenoxy) is 1. The quantitative estimate of drug-likeness (QED) is 0.891. The molecule has 1 aromatic carbocycles. The predicted octanol–water partition coefficient (Wildman–Crippen LogP) is 2.82. The van der Waals surface area contributed by atoms with E-state index in [2.05, 4.69) is 0 Å². The summed E-state index contributed by atoms with van der Waals surface area (Å²) in [6.07, 6.45) is 0.367. The number of halogens is 1. The van der Waals surface area contributed by atoms with Gasteiger partial charge in [-0.2, -0.15) is 0 Å². The minimum Gasteiger partial charge on any atom is -0.497 e. The van der Waals surface area contributed by atoms with Gasteiger partial charge in [-0.25, -0.2) is 4.39 Å². The minimum absolute atomic E-state index is 0.170. The zero-order valence-corrected chi connectivity index (χ0v) is 9.61. The Morgan fingerprint density at radius 3 is 2.65 bits per heavy atom. The smallest absolute Gasteiger partial charge is 0.140 e. The molecule has 3 nitrogen and oxygen atoms in total. The van der Waals surface area contributed by atoms with E-state index >= 15 is 0 Å². The molecule has 0 saturated heterocycles. The van der Waals surface area contributed by atoms with E-state index in [1.807, 2.05) is 0 Å². The van der Waals surface area contributed by atoms with E-state index in [1.165, 1.54) is 25.5 Å². The summed E-state index contributed by atoms with van der Waals surface area (Å²) in [5.41, 5.74) is 0.955. The monoisotopic (exact) mass is 236 g/mol. The molecular weight excluding hydrogens is 223 g/mol. The lowest BCUT2D eigenvalue weighted by atomic mass is 10.0. The molecule has 1 N–H and O–H groups in total. The highest BCUT2D eigenvalue weighted by Crippen LogP contribution is 2.29. The third-order valence-electron chi connectivity index (χ3n) is 2.65. The van der Waals surface area contributed by atoms with Gasteiger partial charge in [0.15, 0.2) is 0 Å². The lowest BCUT2D eigenvalue weighted by molar-refractivity contribution is 0.183. The summed E-state index contributed by atoms with van der Waals surface area (Å²) in [4.78, 5) is 0. The van der Waals surface area contributed by atoms with Gasteiger partial charge < -0.3 is 14.3 Å². The maximum Gasteiger partial charge on any atom is 0.140 e. The van der Waals surface area contributed by atoms with Crippen molar-refractivity contribution in [3.05, 3.63) is 53.2 Å². The Hall–Kier alpha value is -1.81. The van der Waals surface area contributed by atoms with Gasteiger partial charge in [0.1, 0.15) is 23.4 Å². The molecule has 90 valence electrons. The van der Waals surface area contributed by atoms with E-state index in [-0.39, 0.29) is 5.56 Å². The summed E-state index contributed by atoms with van der Waals surface area (Å²) in [6.45, 7) is 1.80. The molecule has 2 aromatic rings. The number of hydrogen-bond acceptors (Lipinski definition) is 3. The highest BCUT2D eigenvalue weighted by Gasteiger charge is 2.20. The summed E-state index contributed by atoms with van der Waals surface area (Å²) in [6, 6.07) is 6.04. The van der Waals surface area contributed by atoms with Gasteiger partial charge in [-0.05, 0) is 30.7 Å². The van der Waals surface area contributed by atoms with Crippen LogP contribution in [0.2, 0.25) is 0 Å².